The molecule has 0 radical (unpaired) electrons. The van der Waals surface area contributed by atoms with Crippen molar-refractivity contribution in [2.75, 3.05) is 6.16 Å². The lowest BCUT2D eigenvalue weighted by molar-refractivity contribution is -0.141. The Bertz CT molecular complexity index is 307. The molecule has 0 aliphatic heterocycles. The molecule has 6 N–H and O–H groups in total. The highest BCUT2D eigenvalue weighted by Crippen LogP contribution is 2.55. The molecular formula is C10H21NO6P+. The summed E-state index contributed by atoms with van der Waals surface area (Å²) in [7, 11) is -3.74. The Labute approximate surface area is 106 Å². The van der Waals surface area contributed by atoms with Crippen LogP contribution in [0.15, 0.2) is 0 Å². The maximum atomic E-state index is 11.0. The van der Waals surface area contributed by atoms with Crippen molar-refractivity contribution in [3.8, 4) is 0 Å². The van der Waals surface area contributed by atoms with E-state index in [1.807, 2.05) is 13.8 Å². The van der Waals surface area contributed by atoms with E-state index >= 15 is 0 Å². The highest BCUT2D eigenvalue weighted by atomic mass is 31.2. The van der Waals surface area contributed by atoms with Gasteiger partial charge in [0, 0.05) is 0 Å². The molecule has 0 saturated heterocycles. The van der Waals surface area contributed by atoms with Gasteiger partial charge < -0.3 is 10.2 Å². The molecule has 0 spiro atoms. The zero-order valence-corrected chi connectivity index (χ0v) is 11.4. The minimum Gasteiger partial charge on any atom is -0.481 e. The second kappa shape index (κ2) is 6.99. The molecule has 0 bridgehead atoms. The van der Waals surface area contributed by atoms with Crippen molar-refractivity contribution in [2.24, 2.45) is 17.6 Å². The van der Waals surface area contributed by atoms with Crippen molar-refractivity contribution in [3.63, 3.8) is 0 Å². The normalized spacial score (nSPS) is 15.4. The average Bonchev–Trinajstić information content (AvgIpc) is 2.14. The first-order chi connectivity index (χ1) is 8.06. The van der Waals surface area contributed by atoms with Crippen molar-refractivity contribution < 1.29 is 29.6 Å². The maximum Gasteiger partial charge on any atom is 0.310 e. The van der Waals surface area contributed by atoms with Gasteiger partial charge in [-0.1, -0.05) is 13.8 Å². The van der Waals surface area contributed by atoms with Gasteiger partial charge in [-0.15, -0.1) is 0 Å². The lowest BCUT2D eigenvalue weighted by atomic mass is 9.99. The van der Waals surface area contributed by atoms with E-state index in [9.17, 15) is 19.4 Å². The minimum atomic E-state index is -3.74. The molecule has 18 heavy (non-hydrogen) atoms. The Hall–Kier alpha value is -0.750. The summed E-state index contributed by atoms with van der Waals surface area (Å²) in [5.74, 6) is -4.52. The molecule has 0 amide bonds. The molecule has 106 valence electrons. The molecule has 0 unspecified atom stereocenters. The summed E-state index contributed by atoms with van der Waals surface area (Å²) >= 11 is 0. The van der Waals surface area contributed by atoms with Crippen LogP contribution in [0.5, 0.6) is 0 Å². The van der Waals surface area contributed by atoms with E-state index in [2.05, 4.69) is 0 Å². The summed E-state index contributed by atoms with van der Waals surface area (Å²) in [6.07, 6.45) is -0.679. The van der Waals surface area contributed by atoms with Crippen molar-refractivity contribution in [3.05, 3.63) is 0 Å². The minimum absolute atomic E-state index is 0.0850. The number of carbonyl (C=O) groups is 2. The number of hydrogen-bond donors (Lipinski definition) is 5. The Morgan fingerprint density at radius 3 is 2.06 bits per heavy atom. The second-order valence-corrected chi connectivity index (χ2v) is 7.40. The quantitative estimate of drug-likeness (QED) is 0.404. The Morgan fingerprint density at radius 2 is 1.72 bits per heavy atom. The van der Waals surface area contributed by atoms with Crippen LogP contribution < -0.4 is 5.73 Å². The Morgan fingerprint density at radius 1 is 1.22 bits per heavy atom. The third-order valence-electron chi connectivity index (χ3n) is 2.51. The number of rotatable bonds is 8. The van der Waals surface area contributed by atoms with Gasteiger partial charge in [0.25, 0.3) is 7.72 Å². The first kappa shape index (κ1) is 17.2. The largest absolute Gasteiger partial charge is 0.481 e. The molecule has 2 atom stereocenters. The molecule has 0 fully saturated rings. The van der Waals surface area contributed by atoms with E-state index < -0.39 is 37.8 Å². The molecule has 8 heteroatoms. The molecular weight excluding hydrogens is 261 g/mol. The highest BCUT2D eigenvalue weighted by molar-refractivity contribution is 7.65. The van der Waals surface area contributed by atoms with Crippen molar-refractivity contribution >= 4 is 19.7 Å². The van der Waals surface area contributed by atoms with E-state index in [0.717, 1.165) is 0 Å². The SMILES string of the molecule is CC(C)C[C@H](C[P+](O)(O)[C@@H](N)CC(=O)O)C(=O)O. The summed E-state index contributed by atoms with van der Waals surface area (Å²) < 4.78 is 0. The van der Waals surface area contributed by atoms with E-state index in [0.29, 0.717) is 0 Å². The summed E-state index contributed by atoms with van der Waals surface area (Å²) in [5.41, 5.74) is 5.41. The fourth-order valence-corrected chi connectivity index (χ4v) is 3.28. The fourth-order valence-electron chi connectivity index (χ4n) is 1.61. The molecule has 0 aromatic heterocycles. The van der Waals surface area contributed by atoms with Gasteiger partial charge in [-0.3, -0.25) is 15.3 Å². The van der Waals surface area contributed by atoms with E-state index in [1.54, 1.807) is 0 Å². The molecule has 0 aromatic carbocycles. The van der Waals surface area contributed by atoms with Gasteiger partial charge in [0.2, 0.25) is 0 Å². The summed E-state index contributed by atoms with van der Waals surface area (Å²) in [5, 5.41) is 17.5. The number of aliphatic carboxylic acids is 2. The number of carboxylic acid groups (broad SMARTS) is 2. The van der Waals surface area contributed by atoms with Gasteiger partial charge in [0.15, 0.2) is 5.78 Å². The molecule has 0 saturated carbocycles. The Kier molecular flexibility index (Phi) is 6.70. The highest BCUT2D eigenvalue weighted by Gasteiger charge is 2.46. The first-order valence-electron chi connectivity index (χ1n) is 5.59. The number of nitrogens with two attached hydrogens (primary N) is 1. The predicted molar refractivity (Wildman–Crippen MR) is 67.0 cm³/mol. The second-order valence-electron chi connectivity index (χ2n) is 4.80. The van der Waals surface area contributed by atoms with Crippen molar-refractivity contribution in [1.29, 1.82) is 0 Å². The van der Waals surface area contributed by atoms with Crippen molar-refractivity contribution in [2.45, 2.75) is 32.5 Å². The van der Waals surface area contributed by atoms with Crippen LogP contribution in [0.1, 0.15) is 26.7 Å². The summed E-state index contributed by atoms with van der Waals surface area (Å²) in [4.78, 5) is 41.0. The zero-order chi connectivity index (χ0) is 14.5. The molecule has 0 aromatic rings. The monoisotopic (exact) mass is 282 g/mol. The van der Waals surface area contributed by atoms with Gasteiger partial charge >= 0.3 is 11.9 Å². The molecule has 7 nitrogen and oxygen atoms in total. The first-order valence-corrected chi connectivity index (χ1v) is 7.54. The fraction of sp³-hybridized carbons (Fsp3) is 0.800. The average molecular weight is 282 g/mol. The van der Waals surface area contributed by atoms with Crippen LogP contribution in [0.25, 0.3) is 0 Å². The van der Waals surface area contributed by atoms with Crippen LogP contribution in [-0.4, -0.2) is 43.9 Å². The smallest absolute Gasteiger partial charge is 0.310 e. The predicted octanol–water partition coefficient (Wildman–Crippen LogP) is 0.325. The van der Waals surface area contributed by atoms with Gasteiger partial charge in [-0.05, 0) is 12.3 Å². The standard InChI is InChI=1S/C10H20NO6P/c1-6(2)3-7(10(14)15)5-18(16,17)8(11)4-9(12)13/h6-8,16-17H,3-5,11H2,1-2H3,(H-,12,13,14,15)/p+1/t7-,8-/m1/s1. The zero-order valence-electron chi connectivity index (χ0n) is 10.5. The lowest BCUT2D eigenvalue weighted by Gasteiger charge is -2.22. The van der Waals surface area contributed by atoms with Crippen LogP contribution >= 0.6 is 7.72 Å². The van der Waals surface area contributed by atoms with Crippen molar-refractivity contribution in [1.82, 2.24) is 0 Å². The maximum absolute atomic E-state index is 11.0. The van der Waals surface area contributed by atoms with Crippen LogP contribution in [0.3, 0.4) is 0 Å². The topological polar surface area (TPSA) is 141 Å². The molecule has 0 rings (SSSR count). The van der Waals surface area contributed by atoms with Gasteiger partial charge in [-0.2, -0.15) is 0 Å². The molecule has 0 aliphatic rings. The molecule has 0 aliphatic carbocycles. The molecule has 0 heterocycles. The van der Waals surface area contributed by atoms with Crippen LogP contribution in [-0.2, 0) is 9.59 Å². The third-order valence-corrected chi connectivity index (χ3v) is 4.73. The summed E-state index contributed by atoms with van der Waals surface area (Å²) in [6, 6.07) is 0. The van der Waals surface area contributed by atoms with Gasteiger partial charge in [0.05, 0.1) is 5.92 Å². The van der Waals surface area contributed by atoms with Crippen LogP contribution in [0, 0.1) is 11.8 Å². The van der Waals surface area contributed by atoms with E-state index in [4.69, 9.17) is 15.9 Å². The number of carboxylic acids is 2. The number of hydrogen-bond acceptors (Lipinski definition) is 5. The van der Waals surface area contributed by atoms with Crippen LogP contribution in [0.4, 0.5) is 0 Å². The van der Waals surface area contributed by atoms with Gasteiger partial charge in [0.1, 0.15) is 12.6 Å². The third kappa shape index (κ3) is 6.26. The van der Waals surface area contributed by atoms with E-state index in [1.165, 1.54) is 0 Å². The summed E-state index contributed by atoms with van der Waals surface area (Å²) in [6.45, 7) is 3.64. The lowest BCUT2D eigenvalue weighted by Crippen LogP contribution is -2.32. The van der Waals surface area contributed by atoms with Gasteiger partial charge in [-0.25, -0.2) is 9.79 Å². The van der Waals surface area contributed by atoms with E-state index in [-0.39, 0.29) is 18.5 Å². The van der Waals surface area contributed by atoms with Crippen LogP contribution in [0.2, 0.25) is 0 Å². The Balaban J connectivity index is 4.68.